The van der Waals surface area contributed by atoms with Crippen molar-refractivity contribution in [1.29, 1.82) is 0 Å². The average Bonchev–Trinajstić information content (AvgIpc) is 3.64. The Bertz CT molecular complexity index is 1830. The molecule has 7 aromatic rings. The molecule has 4 heteroatoms. The molecular weight excluding hydrogens is 659 g/mol. The van der Waals surface area contributed by atoms with Crippen LogP contribution in [-0.2, 0) is 20.8 Å². The average molecular weight is 695 g/mol. The fourth-order valence-corrected chi connectivity index (χ4v) is 5.33. The van der Waals surface area contributed by atoms with Crippen LogP contribution in [0.5, 0.6) is 0 Å². The second kappa shape index (κ2) is 18.2. The molecule has 0 amide bonds. The number of hydrogen-bond acceptors (Lipinski definition) is 0. The molecule has 217 valence electrons. The molecule has 7 aromatic carbocycles. The second-order valence-electron chi connectivity index (χ2n) is 9.65. The van der Waals surface area contributed by atoms with E-state index in [0.29, 0.717) is 0 Å². The Kier molecular flexibility index (Phi) is 14.7. The summed E-state index contributed by atoms with van der Waals surface area (Å²) in [6.07, 6.45) is 0. The summed E-state index contributed by atoms with van der Waals surface area (Å²) in [4.78, 5) is 0. The molecule has 0 heterocycles. The topological polar surface area (TPSA) is 0 Å². The van der Waals surface area contributed by atoms with E-state index < -0.39 is 20.8 Å². The molecule has 0 bridgehead atoms. The third kappa shape index (κ3) is 8.90. The first-order valence-corrected chi connectivity index (χ1v) is 21.4. The third-order valence-electron chi connectivity index (χ3n) is 6.95. The summed E-state index contributed by atoms with van der Waals surface area (Å²) in [5.74, 6) is 0. The molecule has 43 heavy (non-hydrogen) atoms. The van der Waals surface area contributed by atoms with Crippen molar-refractivity contribution >= 4 is 59.6 Å². The third-order valence-corrected chi connectivity index (χ3v) is 6.95. The van der Waals surface area contributed by atoms with Crippen LogP contribution in [0.1, 0.15) is 18.1 Å². The van der Waals surface area contributed by atoms with Crippen LogP contribution in [0.15, 0.2) is 133 Å². The normalized spacial score (nSPS) is 9.86. The molecular formula is C39H36Cl2SiZr-3. The Labute approximate surface area is 279 Å². The van der Waals surface area contributed by atoms with Crippen LogP contribution in [0.2, 0.25) is 6.55 Å². The van der Waals surface area contributed by atoms with Gasteiger partial charge in [0.05, 0.1) is 0 Å². The summed E-state index contributed by atoms with van der Waals surface area (Å²) >= 11 is -0.826. The van der Waals surface area contributed by atoms with Crippen molar-refractivity contribution in [3.8, 4) is 22.3 Å². The van der Waals surface area contributed by atoms with Crippen LogP contribution in [-0.4, -0.2) is 10.2 Å². The zero-order valence-corrected chi connectivity index (χ0v) is 30.1. The predicted octanol–water partition coefficient (Wildman–Crippen LogP) is 12.6. The minimum absolute atomic E-state index is 0.826. The van der Waals surface area contributed by atoms with Crippen molar-refractivity contribution in [2.24, 2.45) is 0 Å². The van der Waals surface area contributed by atoms with Crippen molar-refractivity contribution in [1.82, 2.24) is 0 Å². The number of rotatable bonds is 2. The molecule has 0 aliphatic carbocycles. The Hall–Kier alpha value is -2.74. The molecule has 0 atom stereocenters. The van der Waals surface area contributed by atoms with E-state index in [4.69, 9.17) is 17.0 Å². The van der Waals surface area contributed by atoms with Crippen molar-refractivity contribution < 1.29 is 20.8 Å². The first kappa shape index (κ1) is 34.7. The molecule has 0 nitrogen and oxygen atoms in total. The fraction of sp³-hybridized carbons (Fsp3) is 0.103. The molecule has 0 aliphatic heterocycles. The van der Waals surface area contributed by atoms with Gasteiger partial charge in [-0.25, -0.2) is 0 Å². The molecule has 3 radical (unpaired) electrons. The van der Waals surface area contributed by atoms with Crippen LogP contribution >= 0.6 is 17.0 Å². The van der Waals surface area contributed by atoms with Gasteiger partial charge in [-0.1, -0.05) is 116 Å². The fourth-order valence-electron chi connectivity index (χ4n) is 5.33. The summed E-state index contributed by atoms with van der Waals surface area (Å²) < 4.78 is 0. The first-order chi connectivity index (χ1) is 21.1. The van der Waals surface area contributed by atoms with Gasteiger partial charge in [0.15, 0.2) is 0 Å². The van der Waals surface area contributed by atoms with E-state index in [0.717, 1.165) is 0 Å². The van der Waals surface area contributed by atoms with Gasteiger partial charge in [0.2, 0.25) is 0 Å². The van der Waals surface area contributed by atoms with Gasteiger partial charge in [-0.2, -0.15) is 19.1 Å². The Morgan fingerprint density at radius 3 is 1.53 bits per heavy atom. The summed E-state index contributed by atoms with van der Waals surface area (Å²) in [6.45, 7) is 11.1. The summed E-state index contributed by atoms with van der Waals surface area (Å²) in [7, 11) is 12.8. The van der Waals surface area contributed by atoms with E-state index >= 15 is 0 Å². The maximum absolute atomic E-state index is 4.93. The summed E-state index contributed by atoms with van der Waals surface area (Å²) in [5, 5.41) is 7.98. The molecule has 0 spiro atoms. The van der Waals surface area contributed by atoms with Crippen LogP contribution in [0.4, 0.5) is 0 Å². The van der Waals surface area contributed by atoms with Gasteiger partial charge in [-0.05, 0) is 21.9 Å². The molecule has 7 rings (SSSR count). The Balaban J connectivity index is 0.000000199. The number of aryl methyl sites for hydroxylation is 2. The minimum atomic E-state index is -0.826. The van der Waals surface area contributed by atoms with Crippen molar-refractivity contribution in [2.45, 2.75) is 27.3 Å². The zero-order valence-electron chi connectivity index (χ0n) is 25.2. The van der Waals surface area contributed by atoms with Crippen LogP contribution < -0.4 is 0 Å². The van der Waals surface area contributed by atoms with Crippen molar-refractivity contribution in [3.63, 3.8) is 0 Å². The van der Waals surface area contributed by atoms with Gasteiger partial charge in [0.1, 0.15) is 0 Å². The Morgan fingerprint density at radius 2 is 0.953 bits per heavy atom. The maximum atomic E-state index is 4.93. The number of benzene rings is 5. The van der Waals surface area contributed by atoms with E-state index in [1.165, 1.54) is 65.7 Å². The molecule has 0 saturated heterocycles. The molecule has 0 saturated carbocycles. The number of halogens is 2. The van der Waals surface area contributed by atoms with Gasteiger partial charge >= 0.3 is 37.9 Å². The second-order valence-corrected chi connectivity index (χ2v) is 13.4. The predicted molar refractivity (Wildman–Crippen MR) is 191 cm³/mol. The molecule has 0 fully saturated rings. The monoisotopic (exact) mass is 692 g/mol. The quantitative estimate of drug-likeness (QED) is 0.125. The van der Waals surface area contributed by atoms with Gasteiger partial charge in [0, 0.05) is 10.2 Å². The van der Waals surface area contributed by atoms with E-state index in [1.54, 1.807) is 13.5 Å². The van der Waals surface area contributed by atoms with E-state index in [1.807, 2.05) is 0 Å². The number of hydrogen-bond donors (Lipinski definition) is 0. The molecule has 0 aliphatic rings. The van der Waals surface area contributed by atoms with E-state index in [2.05, 4.69) is 164 Å². The number of fused-ring (bicyclic) bond motifs is 3. The Morgan fingerprint density at radius 1 is 0.535 bits per heavy atom. The molecule has 0 N–H and O–H groups in total. The van der Waals surface area contributed by atoms with Crippen LogP contribution in [0.3, 0.4) is 0 Å². The van der Waals surface area contributed by atoms with E-state index in [-0.39, 0.29) is 0 Å². The van der Waals surface area contributed by atoms with E-state index in [9.17, 15) is 0 Å². The summed E-state index contributed by atoms with van der Waals surface area (Å²) in [6, 6.07) is 47.8. The van der Waals surface area contributed by atoms with Gasteiger partial charge < -0.3 is 6.92 Å². The van der Waals surface area contributed by atoms with Gasteiger partial charge in [-0.15, -0.1) is 69.1 Å². The molecule has 0 unspecified atom stereocenters. The van der Waals surface area contributed by atoms with Crippen LogP contribution in [0.25, 0.3) is 54.6 Å². The molecule has 0 aromatic heterocycles. The van der Waals surface area contributed by atoms with Crippen molar-refractivity contribution in [3.05, 3.63) is 152 Å². The van der Waals surface area contributed by atoms with Gasteiger partial charge in [0.25, 0.3) is 0 Å². The SMILES string of the molecule is C[Si].Cc1cc2c(-c3cccc4ccccc34)cccc2[cH-]1.Cc1cc2c(-c3ccccc3)cccc2[cH-]1.[CH2-]C.[Cl][Zr][Cl]. The first-order valence-electron chi connectivity index (χ1n) is 14.1. The van der Waals surface area contributed by atoms with Gasteiger partial charge in [-0.3, -0.25) is 0 Å². The van der Waals surface area contributed by atoms with Crippen molar-refractivity contribution in [2.75, 3.05) is 0 Å². The summed E-state index contributed by atoms with van der Waals surface area (Å²) in [5.41, 5.74) is 7.92. The zero-order chi connectivity index (χ0) is 31.2. The van der Waals surface area contributed by atoms with Crippen LogP contribution in [0, 0.1) is 20.8 Å². The standard InChI is InChI=1S/C20H15.C16H13.C2H5.CH3Si.2ClH.Zr/c1-14-12-16-8-5-11-19(20(16)13-14)18-10-4-7-15-6-2-3-9-17(15)18;1-12-10-14-8-5-9-15(16(14)11-12)13-6-3-2-4-7-13;2*1-2;;;/h2-13H,1H3;2-11H,1H3;1H2,2H3;1H3;2*1H;/q3*-1;;;;+2/p-2.